The van der Waals surface area contributed by atoms with E-state index >= 15 is 0 Å². The van der Waals surface area contributed by atoms with Crippen LogP contribution in [0, 0.1) is 5.41 Å². The van der Waals surface area contributed by atoms with Crippen molar-refractivity contribution in [2.24, 2.45) is 5.41 Å². The number of ether oxygens (including phenoxy) is 2. The summed E-state index contributed by atoms with van der Waals surface area (Å²) in [6.45, 7) is 5.59. The molecule has 128 valence electrons. The highest BCUT2D eigenvalue weighted by Crippen LogP contribution is 2.39. The summed E-state index contributed by atoms with van der Waals surface area (Å²) in [5.74, 6) is 0.799. The lowest BCUT2D eigenvalue weighted by Gasteiger charge is -2.37. The second-order valence-corrected chi connectivity index (χ2v) is 8.07. The minimum atomic E-state index is 0.0221. The summed E-state index contributed by atoms with van der Waals surface area (Å²) in [7, 11) is 0. The van der Waals surface area contributed by atoms with Gasteiger partial charge in [-0.25, -0.2) is 0 Å². The molecule has 1 aliphatic carbocycles. The van der Waals surface area contributed by atoms with Crippen molar-refractivity contribution in [3.05, 3.63) is 11.6 Å². The first-order valence-electron chi connectivity index (χ1n) is 9.12. The fraction of sp³-hybridized carbons (Fsp3) is 0.895. The first-order chi connectivity index (χ1) is 10.6. The van der Waals surface area contributed by atoms with Crippen LogP contribution in [0.5, 0.6) is 0 Å². The van der Waals surface area contributed by atoms with Crippen molar-refractivity contribution in [3.63, 3.8) is 0 Å². The lowest BCUT2D eigenvalue weighted by Crippen LogP contribution is -2.33. The number of hydrogen-bond donors (Lipinski definition) is 0. The summed E-state index contributed by atoms with van der Waals surface area (Å²) in [5.41, 5.74) is 1.93. The molecule has 2 unspecified atom stereocenters. The lowest BCUT2D eigenvalue weighted by molar-refractivity contribution is -0.184. The van der Waals surface area contributed by atoms with Gasteiger partial charge in [0.05, 0.1) is 6.10 Å². The zero-order valence-corrected chi connectivity index (χ0v) is 15.2. The third kappa shape index (κ3) is 6.60. The Hall–Kier alpha value is -0.0500. The van der Waals surface area contributed by atoms with Gasteiger partial charge in [0.1, 0.15) is 0 Å². The summed E-state index contributed by atoms with van der Waals surface area (Å²) in [5, 5.41) is 0. The van der Waals surface area contributed by atoms with Crippen LogP contribution < -0.4 is 0 Å². The first kappa shape index (κ1) is 18.3. The maximum Gasteiger partial charge on any atom is 0.158 e. The van der Waals surface area contributed by atoms with Crippen molar-refractivity contribution in [2.75, 3.05) is 12.5 Å². The number of allylic oxidation sites excluding steroid dienone is 1. The molecule has 2 aliphatic rings. The predicted molar refractivity (Wildman–Crippen MR) is 93.4 cm³/mol. The van der Waals surface area contributed by atoms with Gasteiger partial charge in [-0.3, -0.25) is 0 Å². The number of hydrogen-bond acceptors (Lipinski definition) is 2. The van der Waals surface area contributed by atoms with Crippen molar-refractivity contribution in [1.29, 1.82) is 0 Å². The zero-order chi connectivity index (χ0) is 15.8. The van der Waals surface area contributed by atoms with Crippen molar-refractivity contribution >= 4 is 11.6 Å². The van der Waals surface area contributed by atoms with Crippen LogP contribution in [0.4, 0.5) is 0 Å². The molecule has 0 radical (unpaired) electrons. The van der Waals surface area contributed by atoms with Gasteiger partial charge in [0.25, 0.3) is 0 Å². The predicted octanol–water partition coefficient (Wildman–Crippen LogP) is 5.83. The van der Waals surface area contributed by atoms with Crippen LogP contribution in [0.3, 0.4) is 0 Å². The van der Waals surface area contributed by atoms with Crippen LogP contribution in [0.25, 0.3) is 0 Å². The fourth-order valence-electron chi connectivity index (χ4n) is 3.68. The van der Waals surface area contributed by atoms with E-state index in [2.05, 4.69) is 19.9 Å². The van der Waals surface area contributed by atoms with Crippen molar-refractivity contribution in [2.45, 2.75) is 90.4 Å². The fourth-order valence-corrected chi connectivity index (χ4v) is 3.87. The van der Waals surface area contributed by atoms with Crippen LogP contribution in [-0.2, 0) is 9.47 Å². The van der Waals surface area contributed by atoms with Gasteiger partial charge in [-0.2, -0.15) is 0 Å². The van der Waals surface area contributed by atoms with E-state index in [-0.39, 0.29) is 12.4 Å². The minimum Gasteiger partial charge on any atom is -0.353 e. The molecule has 1 heterocycles. The molecule has 1 fully saturated rings. The Morgan fingerprint density at radius 1 is 1.23 bits per heavy atom. The molecular weight excluding hydrogens is 296 g/mol. The van der Waals surface area contributed by atoms with Gasteiger partial charge < -0.3 is 9.47 Å². The van der Waals surface area contributed by atoms with Crippen molar-refractivity contribution in [3.8, 4) is 0 Å². The second kappa shape index (κ2) is 9.30. The largest absolute Gasteiger partial charge is 0.353 e. The van der Waals surface area contributed by atoms with Gasteiger partial charge in [-0.05, 0) is 56.8 Å². The van der Waals surface area contributed by atoms with Crippen LogP contribution in [0.15, 0.2) is 11.6 Å². The maximum atomic E-state index is 6.23. The first-order valence-corrected chi connectivity index (χ1v) is 9.65. The van der Waals surface area contributed by atoms with E-state index in [0.29, 0.717) is 5.41 Å². The zero-order valence-electron chi connectivity index (χ0n) is 14.4. The van der Waals surface area contributed by atoms with Crippen LogP contribution in [0.2, 0.25) is 0 Å². The Kier molecular flexibility index (Phi) is 7.73. The third-order valence-corrected chi connectivity index (χ3v) is 4.99. The highest BCUT2D eigenvalue weighted by atomic mass is 35.5. The summed E-state index contributed by atoms with van der Waals surface area (Å²) in [6, 6.07) is 0. The molecule has 0 aromatic rings. The molecule has 3 heteroatoms. The van der Waals surface area contributed by atoms with Gasteiger partial charge in [-0.15, -0.1) is 11.6 Å². The van der Waals surface area contributed by atoms with E-state index in [1.54, 1.807) is 5.57 Å². The van der Waals surface area contributed by atoms with Gasteiger partial charge >= 0.3 is 0 Å². The average Bonchev–Trinajstić information content (AvgIpc) is 2.46. The molecule has 0 bridgehead atoms. The molecular formula is C19H33ClO2. The second-order valence-electron chi connectivity index (χ2n) is 7.69. The molecule has 2 nitrogen and oxygen atoms in total. The number of rotatable bonds is 8. The average molecular weight is 329 g/mol. The van der Waals surface area contributed by atoms with Crippen LogP contribution >= 0.6 is 11.6 Å². The maximum absolute atomic E-state index is 6.23. The number of unbranched alkanes of at least 4 members (excludes halogenated alkanes) is 3. The Morgan fingerprint density at radius 2 is 2.05 bits per heavy atom. The van der Waals surface area contributed by atoms with Gasteiger partial charge in [-0.1, -0.05) is 38.3 Å². The molecule has 0 amide bonds. The SMILES string of the molecule is CC1(C)CC(CCCCCCCl)=CC(OC2CCCCO2)C1. The minimum absolute atomic E-state index is 0.0221. The molecule has 0 N–H and O–H groups in total. The highest BCUT2D eigenvalue weighted by molar-refractivity contribution is 6.17. The topological polar surface area (TPSA) is 18.5 Å². The molecule has 0 aromatic heterocycles. The monoisotopic (exact) mass is 328 g/mol. The lowest BCUT2D eigenvalue weighted by atomic mass is 9.75. The molecule has 1 aliphatic heterocycles. The Morgan fingerprint density at radius 3 is 2.77 bits per heavy atom. The van der Waals surface area contributed by atoms with Crippen molar-refractivity contribution < 1.29 is 9.47 Å². The third-order valence-electron chi connectivity index (χ3n) is 4.73. The number of halogens is 1. The van der Waals surface area contributed by atoms with E-state index in [0.717, 1.165) is 31.7 Å². The molecule has 22 heavy (non-hydrogen) atoms. The smallest absolute Gasteiger partial charge is 0.158 e. The molecule has 2 atom stereocenters. The molecule has 1 saturated heterocycles. The molecule has 2 rings (SSSR count). The quantitative estimate of drug-likeness (QED) is 0.317. The number of alkyl halides is 1. The summed E-state index contributed by atoms with van der Waals surface area (Å²) in [4.78, 5) is 0. The Bertz CT molecular complexity index is 345. The van der Waals surface area contributed by atoms with Crippen LogP contribution in [-0.4, -0.2) is 24.9 Å². The highest BCUT2D eigenvalue weighted by Gasteiger charge is 2.30. The van der Waals surface area contributed by atoms with E-state index in [1.807, 2.05) is 0 Å². The Balaban J connectivity index is 1.81. The molecule has 0 aromatic carbocycles. The molecule has 0 saturated carbocycles. The normalized spacial score (nSPS) is 28.4. The Labute approximate surface area is 141 Å². The summed E-state index contributed by atoms with van der Waals surface area (Å²) in [6.07, 6.45) is 14.7. The molecule has 0 spiro atoms. The van der Waals surface area contributed by atoms with Gasteiger partial charge in [0.2, 0.25) is 0 Å². The van der Waals surface area contributed by atoms with Crippen LogP contribution in [0.1, 0.15) is 78.1 Å². The summed E-state index contributed by atoms with van der Waals surface area (Å²) >= 11 is 5.74. The standard InChI is InChI=1S/C19H33ClO2/c1-19(2)14-16(9-5-3-4-7-11-20)13-17(15-19)22-18-10-6-8-12-21-18/h13,17-18H,3-12,14-15H2,1-2H3. The van der Waals surface area contributed by atoms with E-state index in [4.69, 9.17) is 21.1 Å². The van der Waals surface area contributed by atoms with Crippen molar-refractivity contribution in [1.82, 2.24) is 0 Å². The van der Waals surface area contributed by atoms with E-state index < -0.39 is 0 Å². The summed E-state index contributed by atoms with van der Waals surface area (Å²) < 4.78 is 12.0. The van der Waals surface area contributed by atoms with E-state index in [9.17, 15) is 0 Å². The van der Waals surface area contributed by atoms with Gasteiger partial charge in [0, 0.05) is 12.5 Å². The van der Waals surface area contributed by atoms with E-state index in [1.165, 1.54) is 44.9 Å². The van der Waals surface area contributed by atoms with Gasteiger partial charge in [0.15, 0.2) is 6.29 Å².